The first-order valence-corrected chi connectivity index (χ1v) is 9.02. The number of rotatable bonds is 5. The van der Waals surface area contributed by atoms with Crippen molar-refractivity contribution in [2.45, 2.75) is 26.4 Å². The van der Waals surface area contributed by atoms with Crippen LogP contribution < -0.4 is 15.6 Å². The highest BCUT2D eigenvalue weighted by molar-refractivity contribution is 5.92. The van der Waals surface area contributed by atoms with Gasteiger partial charge in [-0.05, 0) is 43.0 Å². The van der Waals surface area contributed by atoms with Crippen LogP contribution in [0.3, 0.4) is 0 Å². The largest absolute Gasteiger partial charge is 0.497 e. The summed E-state index contributed by atoms with van der Waals surface area (Å²) in [6.45, 7) is 2.04. The van der Waals surface area contributed by atoms with E-state index in [0.29, 0.717) is 11.5 Å². The van der Waals surface area contributed by atoms with Crippen LogP contribution in [0.5, 0.6) is 5.75 Å². The summed E-state index contributed by atoms with van der Waals surface area (Å²) in [7, 11) is 1.57. The number of methoxy groups -OCH3 is 1. The van der Waals surface area contributed by atoms with Crippen LogP contribution in [0.4, 0.5) is 4.79 Å². The maximum absolute atomic E-state index is 12.2. The Bertz CT molecular complexity index is 896. The first kappa shape index (κ1) is 20.1. The third-order valence-electron chi connectivity index (χ3n) is 4.20. The molecule has 0 saturated heterocycles. The minimum Gasteiger partial charge on any atom is -0.497 e. The molecule has 0 bridgehead atoms. The third-order valence-corrected chi connectivity index (χ3v) is 4.20. The molecule has 0 unspecified atom stereocenters. The predicted molar refractivity (Wildman–Crippen MR) is 104 cm³/mol. The van der Waals surface area contributed by atoms with Gasteiger partial charge in [-0.15, -0.1) is 0 Å². The van der Waals surface area contributed by atoms with Crippen molar-refractivity contribution < 1.29 is 28.5 Å². The second kappa shape index (κ2) is 9.50. The highest BCUT2D eigenvalue weighted by atomic mass is 16.6. The highest BCUT2D eigenvalue weighted by Crippen LogP contribution is 2.28. The van der Waals surface area contributed by atoms with Crippen molar-refractivity contribution in [1.29, 1.82) is 0 Å². The van der Waals surface area contributed by atoms with E-state index in [4.69, 9.17) is 18.9 Å². The summed E-state index contributed by atoms with van der Waals surface area (Å²) in [5.74, 6) is 0.427. The molecule has 1 aromatic rings. The van der Waals surface area contributed by atoms with E-state index in [1.165, 1.54) is 6.26 Å². The summed E-state index contributed by atoms with van der Waals surface area (Å²) in [6, 6.07) is 7.06. The zero-order valence-electron chi connectivity index (χ0n) is 16.2. The Hall–Kier alpha value is -3.68. The van der Waals surface area contributed by atoms with Crippen LogP contribution in [-0.4, -0.2) is 19.1 Å². The molecule has 29 heavy (non-hydrogen) atoms. The molecule has 152 valence electrons. The SMILES string of the molecule is COc1ccc(COC(=O)NNC(=O)C2=COC=C(C3=CC(C)=CCC3)O2)cc1. The van der Waals surface area contributed by atoms with Crippen LogP contribution in [0.1, 0.15) is 25.3 Å². The lowest BCUT2D eigenvalue weighted by Gasteiger charge is -2.20. The molecule has 0 saturated carbocycles. The van der Waals surface area contributed by atoms with Crippen molar-refractivity contribution in [3.8, 4) is 5.75 Å². The second-order valence-corrected chi connectivity index (χ2v) is 6.36. The standard InChI is InChI=1S/C21H22N2O6/c1-14-4-3-5-16(10-14)18-12-27-13-19(29-18)20(24)22-23-21(25)28-11-15-6-8-17(26-2)9-7-15/h4,6-10,12-13H,3,5,11H2,1-2H3,(H,22,24)(H,23,25). The molecule has 2 N–H and O–H groups in total. The normalized spacial score (nSPS) is 15.4. The van der Waals surface area contributed by atoms with E-state index in [1.807, 2.05) is 13.0 Å². The van der Waals surface area contributed by atoms with E-state index in [2.05, 4.69) is 16.9 Å². The number of carbonyl (C=O) groups is 2. The Labute approximate surface area is 168 Å². The average molecular weight is 398 g/mol. The Morgan fingerprint density at radius 2 is 1.93 bits per heavy atom. The zero-order valence-corrected chi connectivity index (χ0v) is 16.2. The van der Waals surface area contributed by atoms with Crippen molar-refractivity contribution in [1.82, 2.24) is 10.9 Å². The van der Waals surface area contributed by atoms with Gasteiger partial charge in [0, 0.05) is 0 Å². The molecule has 1 aliphatic carbocycles. The summed E-state index contributed by atoms with van der Waals surface area (Å²) in [5, 5.41) is 0. The minimum atomic E-state index is -0.807. The molecule has 1 aliphatic heterocycles. The summed E-state index contributed by atoms with van der Waals surface area (Å²) >= 11 is 0. The first-order valence-electron chi connectivity index (χ1n) is 9.02. The molecule has 0 radical (unpaired) electrons. The predicted octanol–water partition coefficient (Wildman–Crippen LogP) is 3.35. The van der Waals surface area contributed by atoms with E-state index in [-0.39, 0.29) is 12.4 Å². The van der Waals surface area contributed by atoms with Crippen LogP contribution in [0.25, 0.3) is 0 Å². The minimum absolute atomic E-state index is 0.0436. The summed E-state index contributed by atoms with van der Waals surface area (Å²) < 4.78 is 20.9. The van der Waals surface area contributed by atoms with Crippen molar-refractivity contribution in [3.05, 3.63) is 77.2 Å². The maximum atomic E-state index is 12.2. The van der Waals surface area contributed by atoms with Gasteiger partial charge in [-0.2, -0.15) is 0 Å². The fraction of sp³-hybridized carbons (Fsp3) is 0.238. The topological polar surface area (TPSA) is 95.1 Å². The number of hydrogen-bond donors (Lipinski definition) is 2. The monoisotopic (exact) mass is 398 g/mol. The van der Waals surface area contributed by atoms with Gasteiger partial charge in [0.25, 0.3) is 0 Å². The Balaban J connectivity index is 1.44. The summed E-state index contributed by atoms with van der Waals surface area (Å²) in [4.78, 5) is 24.0. The van der Waals surface area contributed by atoms with Gasteiger partial charge >= 0.3 is 12.0 Å². The van der Waals surface area contributed by atoms with Crippen molar-refractivity contribution in [2.24, 2.45) is 0 Å². The molecule has 2 aliphatic rings. The Kier molecular flexibility index (Phi) is 6.57. The van der Waals surface area contributed by atoms with Gasteiger partial charge < -0.3 is 18.9 Å². The lowest BCUT2D eigenvalue weighted by molar-refractivity contribution is -0.121. The molecule has 2 amide bonds. The molecular formula is C21H22N2O6. The van der Waals surface area contributed by atoms with Gasteiger partial charge in [-0.3, -0.25) is 10.2 Å². The molecular weight excluding hydrogens is 376 g/mol. The molecule has 3 rings (SSSR count). The first-order chi connectivity index (χ1) is 14.0. The lowest BCUT2D eigenvalue weighted by Crippen LogP contribution is -2.43. The van der Waals surface area contributed by atoms with Crippen molar-refractivity contribution in [3.63, 3.8) is 0 Å². The van der Waals surface area contributed by atoms with E-state index < -0.39 is 12.0 Å². The summed E-state index contributed by atoms with van der Waals surface area (Å²) in [5.41, 5.74) is 7.23. The fourth-order valence-electron chi connectivity index (χ4n) is 2.70. The maximum Gasteiger partial charge on any atom is 0.426 e. The molecule has 1 heterocycles. The fourth-order valence-corrected chi connectivity index (χ4v) is 2.70. The Morgan fingerprint density at radius 3 is 2.66 bits per heavy atom. The number of ether oxygens (including phenoxy) is 4. The third kappa shape index (κ3) is 5.65. The average Bonchev–Trinajstić information content (AvgIpc) is 2.76. The second-order valence-electron chi connectivity index (χ2n) is 6.36. The lowest BCUT2D eigenvalue weighted by atomic mass is 9.99. The van der Waals surface area contributed by atoms with Crippen LogP contribution >= 0.6 is 0 Å². The number of benzene rings is 1. The van der Waals surface area contributed by atoms with Crippen LogP contribution in [0.15, 0.2) is 71.6 Å². The van der Waals surface area contributed by atoms with E-state index >= 15 is 0 Å². The molecule has 8 nitrogen and oxygen atoms in total. The van der Waals surface area contributed by atoms with Crippen molar-refractivity contribution >= 4 is 12.0 Å². The Morgan fingerprint density at radius 1 is 1.14 bits per heavy atom. The van der Waals surface area contributed by atoms with Crippen LogP contribution in [0.2, 0.25) is 0 Å². The molecule has 0 atom stereocenters. The van der Waals surface area contributed by atoms with Crippen molar-refractivity contribution in [2.75, 3.05) is 7.11 Å². The number of hydrogen-bond acceptors (Lipinski definition) is 6. The van der Waals surface area contributed by atoms with Gasteiger partial charge in [0.05, 0.1) is 7.11 Å². The zero-order chi connectivity index (χ0) is 20.6. The number of hydrazine groups is 1. The van der Waals surface area contributed by atoms with Gasteiger partial charge in [0.15, 0.2) is 5.76 Å². The van der Waals surface area contributed by atoms with E-state index in [9.17, 15) is 9.59 Å². The smallest absolute Gasteiger partial charge is 0.426 e. The van der Waals surface area contributed by atoms with Gasteiger partial charge in [0.2, 0.25) is 5.76 Å². The molecule has 0 aromatic heterocycles. The molecule has 0 fully saturated rings. The molecule has 1 aromatic carbocycles. The number of amides is 2. The summed E-state index contributed by atoms with van der Waals surface area (Å²) in [6.07, 6.45) is 7.58. The van der Waals surface area contributed by atoms with Gasteiger partial charge in [0.1, 0.15) is 24.9 Å². The number of nitrogens with one attached hydrogen (secondary N) is 2. The van der Waals surface area contributed by atoms with Gasteiger partial charge in [-0.25, -0.2) is 10.2 Å². The van der Waals surface area contributed by atoms with Gasteiger partial charge in [-0.1, -0.05) is 29.9 Å². The number of carbonyl (C=O) groups excluding carboxylic acids is 2. The van der Waals surface area contributed by atoms with Crippen LogP contribution in [-0.2, 0) is 25.6 Å². The molecule has 0 spiro atoms. The van der Waals surface area contributed by atoms with Crippen LogP contribution in [0, 0.1) is 0 Å². The number of allylic oxidation sites excluding steroid dienone is 4. The highest BCUT2D eigenvalue weighted by Gasteiger charge is 2.21. The molecule has 8 heteroatoms. The van der Waals surface area contributed by atoms with E-state index in [1.54, 1.807) is 31.4 Å². The van der Waals surface area contributed by atoms with E-state index in [0.717, 1.165) is 35.8 Å². The quantitative estimate of drug-likeness (QED) is 0.739.